The largest absolute Gasteiger partial charge is 0.471 e. The van der Waals surface area contributed by atoms with Crippen molar-refractivity contribution in [1.29, 1.82) is 0 Å². The van der Waals surface area contributed by atoms with Crippen LogP contribution in [-0.4, -0.2) is 47.3 Å². The fourth-order valence-electron chi connectivity index (χ4n) is 3.23. The summed E-state index contributed by atoms with van der Waals surface area (Å²) in [6.07, 6.45) is -0.360. The van der Waals surface area contributed by atoms with E-state index in [9.17, 15) is 13.6 Å². The van der Waals surface area contributed by atoms with Crippen molar-refractivity contribution >= 4 is 23.5 Å². The second kappa shape index (κ2) is 9.26. The number of anilines is 1. The number of nitrogens with zero attached hydrogens (tertiary/aromatic N) is 3. The number of hydrogen-bond donors (Lipinski definition) is 0. The monoisotopic (exact) mass is 453 g/mol. The first-order chi connectivity index (χ1) is 14.5. The molecular formula is C22H26ClF2N3O3. The lowest BCUT2D eigenvalue weighted by Crippen LogP contribution is -2.55. The van der Waals surface area contributed by atoms with Gasteiger partial charge in [0.1, 0.15) is 23.8 Å². The number of rotatable bonds is 4. The van der Waals surface area contributed by atoms with Crippen molar-refractivity contribution in [1.82, 2.24) is 9.88 Å². The van der Waals surface area contributed by atoms with E-state index in [-0.39, 0.29) is 35.2 Å². The van der Waals surface area contributed by atoms with E-state index in [2.05, 4.69) is 4.98 Å². The number of aromatic nitrogens is 1. The molecule has 1 fully saturated rings. The van der Waals surface area contributed by atoms with Gasteiger partial charge in [0.15, 0.2) is 5.82 Å². The van der Waals surface area contributed by atoms with E-state index in [0.29, 0.717) is 25.5 Å². The average molecular weight is 454 g/mol. The molecule has 9 heteroatoms. The van der Waals surface area contributed by atoms with Crippen LogP contribution in [0.4, 0.5) is 19.4 Å². The number of carbonyl (C=O) groups is 1. The summed E-state index contributed by atoms with van der Waals surface area (Å²) in [6.45, 7) is 8.67. The Morgan fingerprint density at radius 2 is 1.94 bits per heavy atom. The summed E-state index contributed by atoms with van der Waals surface area (Å²) in [7, 11) is 0. The van der Waals surface area contributed by atoms with E-state index in [1.165, 1.54) is 24.3 Å². The first-order valence-corrected chi connectivity index (χ1v) is 10.4. The average Bonchev–Trinajstić information content (AvgIpc) is 2.67. The Morgan fingerprint density at radius 1 is 1.19 bits per heavy atom. The lowest BCUT2D eigenvalue weighted by atomic mass is 10.2. The molecule has 0 spiro atoms. The summed E-state index contributed by atoms with van der Waals surface area (Å²) in [5.74, 6) is -0.868. The Labute approximate surface area is 185 Å². The molecule has 1 aliphatic heterocycles. The van der Waals surface area contributed by atoms with Crippen LogP contribution in [0.5, 0.6) is 5.88 Å². The Hall–Kier alpha value is -2.61. The van der Waals surface area contributed by atoms with Gasteiger partial charge < -0.3 is 19.3 Å². The maximum atomic E-state index is 14.2. The van der Waals surface area contributed by atoms with Gasteiger partial charge in [-0.25, -0.2) is 13.6 Å². The van der Waals surface area contributed by atoms with E-state index in [1.54, 1.807) is 11.0 Å². The summed E-state index contributed by atoms with van der Waals surface area (Å²) in [4.78, 5) is 20.3. The van der Waals surface area contributed by atoms with Crippen molar-refractivity contribution in [3.63, 3.8) is 0 Å². The molecule has 1 aromatic carbocycles. The van der Waals surface area contributed by atoms with Gasteiger partial charge in [-0.3, -0.25) is 0 Å². The van der Waals surface area contributed by atoms with Gasteiger partial charge in [-0.15, -0.1) is 0 Å². The Morgan fingerprint density at radius 3 is 2.58 bits per heavy atom. The zero-order valence-corrected chi connectivity index (χ0v) is 18.7. The lowest BCUT2D eigenvalue weighted by Gasteiger charge is -2.40. The van der Waals surface area contributed by atoms with E-state index in [1.807, 2.05) is 32.6 Å². The smallest absolute Gasteiger partial charge is 0.410 e. The number of hydrogen-bond acceptors (Lipinski definition) is 5. The first-order valence-electron chi connectivity index (χ1n) is 10.0. The van der Waals surface area contributed by atoms with Gasteiger partial charge in [0.2, 0.25) is 0 Å². The predicted octanol–water partition coefficient (Wildman–Crippen LogP) is 5.04. The molecule has 1 amide bonds. The van der Waals surface area contributed by atoms with E-state index in [4.69, 9.17) is 21.1 Å². The van der Waals surface area contributed by atoms with Crippen LogP contribution in [0.15, 0.2) is 30.3 Å². The molecule has 168 valence electrons. The topological polar surface area (TPSA) is 54.9 Å². The number of benzene rings is 1. The van der Waals surface area contributed by atoms with Gasteiger partial charge in [0.05, 0.1) is 0 Å². The number of halogens is 3. The van der Waals surface area contributed by atoms with Crippen LogP contribution >= 0.6 is 11.6 Å². The van der Waals surface area contributed by atoms with Gasteiger partial charge in [0.25, 0.3) is 5.88 Å². The normalized spacial score (nSPS) is 16.9. The second-order valence-electron chi connectivity index (χ2n) is 8.45. The van der Waals surface area contributed by atoms with E-state index < -0.39 is 17.2 Å². The van der Waals surface area contributed by atoms with Gasteiger partial charge >= 0.3 is 6.09 Å². The molecule has 31 heavy (non-hydrogen) atoms. The molecule has 3 rings (SSSR count). The van der Waals surface area contributed by atoms with Crippen molar-refractivity contribution in [3.8, 4) is 5.88 Å². The lowest BCUT2D eigenvalue weighted by molar-refractivity contribution is 0.0158. The van der Waals surface area contributed by atoms with E-state index >= 15 is 0 Å². The van der Waals surface area contributed by atoms with E-state index in [0.717, 1.165) is 0 Å². The number of ether oxygens (including phenoxy) is 2. The summed E-state index contributed by atoms with van der Waals surface area (Å²) < 4.78 is 39.1. The highest BCUT2D eigenvalue weighted by Gasteiger charge is 2.31. The zero-order valence-electron chi connectivity index (χ0n) is 18.0. The predicted molar refractivity (Wildman–Crippen MR) is 115 cm³/mol. The molecule has 0 N–H and O–H groups in total. The molecule has 2 aromatic rings. The summed E-state index contributed by atoms with van der Waals surface area (Å²) >= 11 is 5.75. The van der Waals surface area contributed by atoms with Crippen LogP contribution in [0.25, 0.3) is 0 Å². The Bertz CT molecular complexity index is 952. The van der Waals surface area contributed by atoms with Crippen LogP contribution in [0, 0.1) is 11.6 Å². The van der Waals surface area contributed by atoms with Crippen LogP contribution < -0.4 is 9.64 Å². The standard InChI is InChI=1S/C22H26ClF2N3O3/c1-14-12-27(9-10-28(14)21(29)31-22(2,3)4)19-8-7-17(24)20(26-19)30-13-15-5-6-16(23)11-18(15)25/h5-8,11,14H,9-10,12-13H2,1-4H3/t14-/m0/s1. The SMILES string of the molecule is C[C@H]1CN(c2ccc(F)c(OCc3ccc(Cl)cc3F)n2)CCN1C(=O)OC(C)(C)C. The Kier molecular flexibility index (Phi) is 6.89. The van der Waals surface area contributed by atoms with Crippen LogP contribution in [0.1, 0.15) is 33.3 Å². The highest BCUT2D eigenvalue weighted by Crippen LogP contribution is 2.25. The van der Waals surface area contributed by atoms with Crippen molar-refractivity contribution < 1.29 is 23.0 Å². The van der Waals surface area contributed by atoms with Gasteiger partial charge in [0, 0.05) is 36.3 Å². The summed E-state index contributed by atoms with van der Waals surface area (Å²) in [5.41, 5.74) is -0.321. The van der Waals surface area contributed by atoms with Gasteiger partial charge in [-0.1, -0.05) is 17.7 Å². The van der Waals surface area contributed by atoms with Crippen LogP contribution in [-0.2, 0) is 11.3 Å². The fourth-order valence-corrected chi connectivity index (χ4v) is 3.39. The minimum absolute atomic E-state index is 0.122. The molecule has 0 aliphatic carbocycles. The van der Waals surface area contributed by atoms with Crippen molar-refractivity contribution in [2.75, 3.05) is 24.5 Å². The highest BCUT2D eigenvalue weighted by atomic mass is 35.5. The zero-order chi connectivity index (χ0) is 22.8. The van der Waals surface area contributed by atoms with Gasteiger partial charge in [-0.2, -0.15) is 4.98 Å². The second-order valence-corrected chi connectivity index (χ2v) is 8.89. The van der Waals surface area contributed by atoms with Crippen LogP contribution in [0.3, 0.4) is 0 Å². The molecule has 1 aliphatic rings. The molecule has 1 atom stereocenters. The third-order valence-electron chi connectivity index (χ3n) is 4.76. The molecule has 6 nitrogen and oxygen atoms in total. The van der Waals surface area contributed by atoms with Crippen molar-refractivity contribution in [2.24, 2.45) is 0 Å². The molecular weight excluding hydrogens is 428 g/mol. The third-order valence-corrected chi connectivity index (χ3v) is 4.99. The molecule has 0 bridgehead atoms. The molecule has 0 unspecified atom stereocenters. The van der Waals surface area contributed by atoms with Crippen molar-refractivity contribution in [3.05, 3.63) is 52.6 Å². The molecule has 1 saturated heterocycles. The summed E-state index contributed by atoms with van der Waals surface area (Å²) in [5, 5.41) is 0.271. The fraction of sp³-hybridized carbons (Fsp3) is 0.455. The number of carbonyl (C=O) groups excluding carboxylic acids is 1. The minimum atomic E-state index is -0.640. The highest BCUT2D eigenvalue weighted by molar-refractivity contribution is 6.30. The number of amides is 1. The van der Waals surface area contributed by atoms with Crippen LogP contribution in [0.2, 0.25) is 5.02 Å². The minimum Gasteiger partial charge on any atom is -0.471 e. The number of piperazine rings is 1. The molecule has 0 saturated carbocycles. The quantitative estimate of drug-likeness (QED) is 0.649. The maximum Gasteiger partial charge on any atom is 0.410 e. The third kappa shape index (κ3) is 5.97. The molecule has 0 radical (unpaired) electrons. The summed E-state index contributed by atoms with van der Waals surface area (Å²) in [6, 6.07) is 6.89. The van der Waals surface area contributed by atoms with Gasteiger partial charge in [-0.05, 0) is 52.0 Å². The Balaban J connectivity index is 1.67. The molecule has 2 heterocycles. The number of pyridine rings is 1. The maximum absolute atomic E-state index is 14.2. The first kappa shape index (κ1) is 23.1. The molecule has 1 aromatic heterocycles. The van der Waals surface area contributed by atoms with Crippen molar-refractivity contribution in [2.45, 2.75) is 45.9 Å².